The number of nitrogens with zero attached hydrogens (tertiary/aromatic N) is 1. The Morgan fingerprint density at radius 2 is 1.96 bits per heavy atom. The Bertz CT molecular complexity index is 717. The minimum absolute atomic E-state index is 0.188. The van der Waals surface area contributed by atoms with Gasteiger partial charge in [-0.2, -0.15) is 0 Å². The number of hydrogen-bond donors (Lipinski definition) is 3. The average molecular weight is 331 g/mol. The fourth-order valence-corrected chi connectivity index (χ4v) is 2.18. The highest BCUT2D eigenvalue weighted by Gasteiger charge is 2.18. The number of amides is 1. The van der Waals surface area contributed by atoms with Gasteiger partial charge in [0.25, 0.3) is 0 Å². The Morgan fingerprint density at radius 1 is 1.29 bits per heavy atom. The summed E-state index contributed by atoms with van der Waals surface area (Å²) in [5, 5.41) is 12.0. The van der Waals surface area contributed by atoms with Crippen LogP contribution in [0, 0.1) is 0 Å². The smallest absolute Gasteiger partial charge is 0.407 e. The number of hydrogen-bond acceptors (Lipinski definition) is 4. The lowest BCUT2D eigenvalue weighted by molar-refractivity contribution is 0.0528. The summed E-state index contributed by atoms with van der Waals surface area (Å²) in [6, 6.07) is 5.17. The van der Waals surface area contributed by atoms with Crippen molar-refractivity contribution >= 4 is 12.1 Å². The Morgan fingerprint density at radius 3 is 2.54 bits per heavy atom. The molecular formula is C17H21N3O4. The number of aromatic nitrogens is 2. The summed E-state index contributed by atoms with van der Waals surface area (Å²) in [6.07, 6.45) is 3.10. The maximum atomic E-state index is 11.6. The minimum Gasteiger partial charge on any atom is -0.478 e. The van der Waals surface area contributed by atoms with Crippen LogP contribution in [0.1, 0.15) is 36.8 Å². The number of alkyl carbamates (subject to hydrolysis) is 1. The highest BCUT2D eigenvalue weighted by molar-refractivity contribution is 5.91. The molecule has 0 aliphatic heterocycles. The lowest BCUT2D eigenvalue weighted by Crippen LogP contribution is -2.33. The van der Waals surface area contributed by atoms with E-state index in [4.69, 9.17) is 4.74 Å². The van der Waals surface area contributed by atoms with Crippen molar-refractivity contribution in [1.82, 2.24) is 15.3 Å². The van der Waals surface area contributed by atoms with Crippen LogP contribution in [0.5, 0.6) is 0 Å². The van der Waals surface area contributed by atoms with Crippen LogP contribution in [-0.4, -0.2) is 39.3 Å². The van der Waals surface area contributed by atoms with Gasteiger partial charge in [-0.3, -0.25) is 4.98 Å². The van der Waals surface area contributed by atoms with Gasteiger partial charge in [-0.1, -0.05) is 0 Å². The number of carbonyl (C=O) groups is 2. The molecule has 0 saturated heterocycles. The number of ether oxygens (including phenoxy) is 1. The lowest BCUT2D eigenvalue weighted by Gasteiger charge is -2.19. The summed E-state index contributed by atoms with van der Waals surface area (Å²) in [4.78, 5) is 30.1. The van der Waals surface area contributed by atoms with Crippen molar-refractivity contribution in [2.45, 2.75) is 32.8 Å². The van der Waals surface area contributed by atoms with E-state index >= 15 is 0 Å². The first-order valence-corrected chi connectivity index (χ1v) is 7.58. The van der Waals surface area contributed by atoms with E-state index in [1.54, 1.807) is 51.4 Å². The number of nitrogens with one attached hydrogen (secondary N) is 2. The minimum atomic E-state index is -1.01. The summed E-state index contributed by atoms with van der Waals surface area (Å²) >= 11 is 0. The maximum Gasteiger partial charge on any atom is 0.407 e. The van der Waals surface area contributed by atoms with Crippen LogP contribution in [0.15, 0.2) is 30.6 Å². The Hall–Kier alpha value is -2.83. The predicted octanol–water partition coefficient (Wildman–Crippen LogP) is 2.84. The van der Waals surface area contributed by atoms with E-state index in [9.17, 15) is 14.7 Å². The van der Waals surface area contributed by atoms with Crippen LogP contribution in [0.3, 0.4) is 0 Å². The van der Waals surface area contributed by atoms with Crippen molar-refractivity contribution in [2.24, 2.45) is 0 Å². The van der Waals surface area contributed by atoms with Gasteiger partial charge in [0.15, 0.2) is 0 Å². The number of aromatic amines is 1. The maximum absolute atomic E-state index is 11.6. The van der Waals surface area contributed by atoms with Crippen LogP contribution in [0.2, 0.25) is 0 Å². The first-order valence-electron chi connectivity index (χ1n) is 7.58. The molecule has 1 amide bonds. The third-order valence-electron chi connectivity index (χ3n) is 3.16. The van der Waals surface area contributed by atoms with Gasteiger partial charge in [0.05, 0.1) is 5.56 Å². The van der Waals surface area contributed by atoms with Crippen molar-refractivity contribution in [3.63, 3.8) is 0 Å². The van der Waals surface area contributed by atoms with Crippen LogP contribution in [-0.2, 0) is 11.2 Å². The zero-order valence-corrected chi connectivity index (χ0v) is 13.9. The molecule has 0 radical (unpaired) electrons. The average Bonchev–Trinajstić information content (AvgIpc) is 2.91. The quantitative estimate of drug-likeness (QED) is 0.781. The summed E-state index contributed by atoms with van der Waals surface area (Å²) < 4.78 is 5.14. The Kier molecular flexibility index (Phi) is 5.23. The predicted molar refractivity (Wildman–Crippen MR) is 88.9 cm³/mol. The van der Waals surface area contributed by atoms with Gasteiger partial charge in [0.2, 0.25) is 0 Å². The first kappa shape index (κ1) is 17.5. The fourth-order valence-electron chi connectivity index (χ4n) is 2.18. The van der Waals surface area contributed by atoms with E-state index in [1.807, 2.05) is 0 Å². The molecule has 2 heterocycles. The van der Waals surface area contributed by atoms with Gasteiger partial charge < -0.3 is 20.1 Å². The highest BCUT2D eigenvalue weighted by Crippen LogP contribution is 2.21. The molecule has 0 atom stereocenters. The Labute approximate surface area is 140 Å². The monoisotopic (exact) mass is 331 g/mol. The van der Waals surface area contributed by atoms with Crippen LogP contribution in [0.4, 0.5) is 4.79 Å². The van der Waals surface area contributed by atoms with E-state index in [1.165, 1.54) is 0 Å². The number of pyridine rings is 1. The standard InChI is InChI=1S/C17H21N3O4/c1-17(2,3)24-16(23)19-9-6-13-12(15(21)22)10-14(20-13)11-4-7-18-8-5-11/h4-5,7-8,10,20H,6,9H2,1-3H3,(H,19,23)(H,21,22). The van der Waals surface area contributed by atoms with Gasteiger partial charge in [0, 0.05) is 42.3 Å². The second-order valence-corrected chi connectivity index (χ2v) is 6.29. The first-order chi connectivity index (χ1) is 11.3. The highest BCUT2D eigenvalue weighted by atomic mass is 16.6. The van der Waals surface area contributed by atoms with Crippen LogP contribution >= 0.6 is 0 Å². The molecule has 2 rings (SSSR count). The largest absolute Gasteiger partial charge is 0.478 e. The Balaban J connectivity index is 2.06. The molecule has 7 nitrogen and oxygen atoms in total. The number of carboxylic acids is 1. The second kappa shape index (κ2) is 7.16. The molecule has 128 valence electrons. The van der Waals surface area contributed by atoms with Gasteiger partial charge in [0.1, 0.15) is 5.60 Å². The summed E-state index contributed by atoms with van der Waals surface area (Å²) in [5.41, 5.74) is 1.70. The lowest BCUT2D eigenvalue weighted by atomic mass is 10.1. The fraction of sp³-hybridized carbons (Fsp3) is 0.353. The topological polar surface area (TPSA) is 104 Å². The molecular weight excluding hydrogens is 310 g/mol. The number of carbonyl (C=O) groups excluding carboxylic acids is 1. The van der Waals surface area contributed by atoms with E-state index in [0.29, 0.717) is 17.8 Å². The van der Waals surface area contributed by atoms with Crippen molar-refractivity contribution in [3.8, 4) is 11.3 Å². The van der Waals surface area contributed by atoms with Crippen LogP contribution in [0.25, 0.3) is 11.3 Å². The third kappa shape index (κ3) is 4.84. The van der Waals surface area contributed by atoms with E-state index in [0.717, 1.165) is 5.56 Å². The van der Waals surface area contributed by atoms with E-state index in [-0.39, 0.29) is 12.1 Å². The molecule has 0 aliphatic rings. The molecule has 2 aromatic heterocycles. The summed E-state index contributed by atoms with van der Waals surface area (Å²) in [6.45, 7) is 5.61. The van der Waals surface area contributed by atoms with Gasteiger partial charge in [-0.25, -0.2) is 9.59 Å². The molecule has 2 aromatic rings. The van der Waals surface area contributed by atoms with Gasteiger partial charge in [-0.15, -0.1) is 0 Å². The molecule has 0 aromatic carbocycles. The van der Waals surface area contributed by atoms with Crippen molar-refractivity contribution < 1.29 is 19.4 Å². The number of aromatic carboxylic acids is 1. The van der Waals surface area contributed by atoms with E-state index in [2.05, 4.69) is 15.3 Å². The third-order valence-corrected chi connectivity index (χ3v) is 3.16. The SMILES string of the molecule is CC(C)(C)OC(=O)NCCc1[nH]c(-c2ccncc2)cc1C(=O)O. The molecule has 0 aliphatic carbocycles. The zero-order chi connectivity index (χ0) is 17.7. The van der Waals surface area contributed by atoms with Crippen molar-refractivity contribution in [2.75, 3.05) is 6.54 Å². The van der Waals surface area contributed by atoms with Gasteiger partial charge in [-0.05, 0) is 39.0 Å². The number of carboxylic acid groups (broad SMARTS) is 1. The number of H-pyrrole nitrogens is 1. The normalized spacial score (nSPS) is 11.1. The molecule has 0 spiro atoms. The zero-order valence-electron chi connectivity index (χ0n) is 13.9. The summed E-state index contributed by atoms with van der Waals surface area (Å²) in [5.74, 6) is -1.01. The van der Waals surface area contributed by atoms with Gasteiger partial charge >= 0.3 is 12.1 Å². The summed E-state index contributed by atoms with van der Waals surface area (Å²) in [7, 11) is 0. The molecule has 0 saturated carbocycles. The molecule has 7 heteroatoms. The molecule has 0 fully saturated rings. The van der Waals surface area contributed by atoms with E-state index < -0.39 is 17.7 Å². The number of rotatable bonds is 5. The molecule has 0 bridgehead atoms. The molecule has 24 heavy (non-hydrogen) atoms. The van der Waals surface area contributed by atoms with Crippen LogP contribution < -0.4 is 5.32 Å². The van der Waals surface area contributed by atoms with Crippen molar-refractivity contribution in [1.29, 1.82) is 0 Å². The van der Waals surface area contributed by atoms with Crippen molar-refractivity contribution in [3.05, 3.63) is 41.9 Å². The second-order valence-electron chi connectivity index (χ2n) is 6.29. The molecule has 0 unspecified atom stereocenters. The molecule has 3 N–H and O–H groups in total.